The van der Waals surface area contributed by atoms with Gasteiger partial charge < -0.3 is 9.84 Å². The molecule has 172 valence electrons. The van der Waals surface area contributed by atoms with Gasteiger partial charge in [-0.3, -0.25) is 24.6 Å². The highest BCUT2D eigenvalue weighted by Crippen LogP contribution is 2.42. The van der Waals surface area contributed by atoms with E-state index < -0.39 is 28.4 Å². The van der Waals surface area contributed by atoms with Gasteiger partial charge in [-0.2, -0.15) is 0 Å². The van der Waals surface area contributed by atoms with Crippen molar-refractivity contribution in [3.05, 3.63) is 106 Å². The molecule has 1 saturated heterocycles. The summed E-state index contributed by atoms with van der Waals surface area (Å²) >= 11 is 0. The van der Waals surface area contributed by atoms with Gasteiger partial charge in [0.15, 0.2) is 0 Å². The Labute approximate surface area is 195 Å². The van der Waals surface area contributed by atoms with E-state index in [2.05, 4.69) is 0 Å². The van der Waals surface area contributed by atoms with Crippen molar-refractivity contribution < 1.29 is 24.4 Å². The summed E-state index contributed by atoms with van der Waals surface area (Å²) in [5.41, 5.74) is 0.762. The van der Waals surface area contributed by atoms with Crippen LogP contribution < -0.4 is 9.64 Å². The summed E-state index contributed by atoms with van der Waals surface area (Å²) in [6, 6.07) is 20.0. The molecule has 1 N–H and O–H groups in total. The van der Waals surface area contributed by atoms with Crippen molar-refractivity contribution in [1.29, 1.82) is 0 Å². The number of benzene rings is 3. The minimum Gasteiger partial charge on any atom is -0.507 e. The maximum Gasteiger partial charge on any atom is 0.300 e. The third-order valence-corrected chi connectivity index (χ3v) is 5.48. The second kappa shape index (κ2) is 9.58. The molecule has 8 nitrogen and oxygen atoms in total. The summed E-state index contributed by atoms with van der Waals surface area (Å²) < 4.78 is 5.63. The molecule has 34 heavy (non-hydrogen) atoms. The van der Waals surface area contributed by atoms with Gasteiger partial charge in [0.1, 0.15) is 11.5 Å². The van der Waals surface area contributed by atoms with E-state index in [0.29, 0.717) is 23.6 Å². The van der Waals surface area contributed by atoms with Crippen LogP contribution in [0.1, 0.15) is 30.5 Å². The average molecular weight is 458 g/mol. The van der Waals surface area contributed by atoms with Crippen molar-refractivity contribution >= 4 is 28.8 Å². The topological polar surface area (TPSA) is 110 Å². The first kappa shape index (κ1) is 22.7. The van der Waals surface area contributed by atoms with Gasteiger partial charge in [-0.25, -0.2) is 0 Å². The van der Waals surface area contributed by atoms with Crippen LogP contribution in [-0.2, 0) is 9.59 Å². The lowest BCUT2D eigenvalue weighted by atomic mass is 9.95. The maximum atomic E-state index is 13.1. The summed E-state index contributed by atoms with van der Waals surface area (Å²) in [5.74, 6) is -1.50. The molecule has 0 aromatic heterocycles. The van der Waals surface area contributed by atoms with Crippen LogP contribution in [-0.4, -0.2) is 28.3 Å². The maximum absolute atomic E-state index is 13.1. The lowest BCUT2D eigenvalue weighted by molar-refractivity contribution is -0.384. The molecule has 1 unspecified atom stereocenters. The third kappa shape index (κ3) is 4.25. The monoisotopic (exact) mass is 458 g/mol. The van der Waals surface area contributed by atoms with Crippen molar-refractivity contribution in [3.8, 4) is 5.75 Å². The Hall–Kier alpha value is -4.46. The first-order valence-electron chi connectivity index (χ1n) is 10.8. The van der Waals surface area contributed by atoms with E-state index >= 15 is 0 Å². The van der Waals surface area contributed by atoms with Crippen LogP contribution >= 0.6 is 0 Å². The van der Waals surface area contributed by atoms with Gasteiger partial charge in [-0.05, 0) is 36.2 Å². The standard InChI is InChI=1S/C26H22N2O6/c1-2-15-34-21-13-11-17(12-14-21)23-22(24(29)18-7-6-10-20(16-18)28(32)33)25(30)26(31)27(23)19-8-4-3-5-9-19/h3-14,16,23,29H,2,15H2,1H3/b24-22-. The van der Waals surface area contributed by atoms with Gasteiger partial charge in [0.05, 0.1) is 23.1 Å². The molecule has 0 saturated carbocycles. The first-order chi connectivity index (χ1) is 16.4. The Morgan fingerprint density at radius 2 is 1.74 bits per heavy atom. The van der Waals surface area contributed by atoms with E-state index in [1.165, 1.54) is 29.2 Å². The lowest BCUT2D eigenvalue weighted by Gasteiger charge is -2.25. The highest BCUT2D eigenvalue weighted by atomic mass is 16.6. The van der Waals surface area contributed by atoms with E-state index in [1.807, 2.05) is 6.92 Å². The van der Waals surface area contributed by atoms with Gasteiger partial charge in [0, 0.05) is 23.4 Å². The van der Waals surface area contributed by atoms with Gasteiger partial charge in [-0.15, -0.1) is 0 Å². The number of carbonyl (C=O) groups is 2. The average Bonchev–Trinajstić information content (AvgIpc) is 3.13. The van der Waals surface area contributed by atoms with Gasteiger partial charge in [-0.1, -0.05) is 49.4 Å². The molecule has 1 atom stereocenters. The summed E-state index contributed by atoms with van der Waals surface area (Å²) in [5, 5.41) is 22.3. The molecular weight excluding hydrogens is 436 g/mol. The minimum atomic E-state index is -0.929. The minimum absolute atomic E-state index is 0.0770. The molecule has 1 heterocycles. The van der Waals surface area contributed by atoms with E-state index in [0.717, 1.165) is 6.42 Å². The number of anilines is 1. The summed E-state index contributed by atoms with van der Waals surface area (Å²) in [6.07, 6.45) is 0.846. The number of ketones is 1. The Morgan fingerprint density at radius 3 is 2.38 bits per heavy atom. The fraction of sp³-hybridized carbons (Fsp3) is 0.154. The summed E-state index contributed by atoms with van der Waals surface area (Å²) in [4.78, 5) is 38.2. The molecule has 0 bridgehead atoms. The fourth-order valence-electron chi connectivity index (χ4n) is 3.89. The highest BCUT2D eigenvalue weighted by molar-refractivity contribution is 6.51. The molecule has 1 amide bonds. The number of ether oxygens (including phenoxy) is 1. The predicted octanol–water partition coefficient (Wildman–Crippen LogP) is 5.01. The molecule has 0 radical (unpaired) electrons. The van der Waals surface area contributed by atoms with Crippen LogP contribution in [0.5, 0.6) is 5.75 Å². The Balaban J connectivity index is 1.87. The molecule has 1 aliphatic heterocycles. The lowest BCUT2D eigenvalue weighted by Crippen LogP contribution is -2.29. The van der Waals surface area contributed by atoms with E-state index in [1.54, 1.807) is 54.6 Å². The molecular formula is C26H22N2O6. The summed E-state index contributed by atoms with van der Waals surface area (Å²) in [7, 11) is 0. The third-order valence-electron chi connectivity index (χ3n) is 5.48. The van der Waals surface area contributed by atoms with Crippen molar-refractivity contribution in [2.75, 3.05) is 11.5 Å². The Kier molecular flexibility index (Phi) is 6.40. The number of nitro groups is 1. The molecule has 8 heteroatoms. The molecule has 0 spiro atoms. The largest absolute Gasteiger partial charge is 0.507 e. The SMILES string of the molecule is CCCOc1ccc(C2/C(=C(/O)c3cccc([N+](=O)[O-])c3)C(=O)C(=O)N2c2ccccc2)cc1. The van der Waals surface area contributed by atoms with E-state index in [-0.39, 0.29) is 16.8 Å². The molecule has 3 aromatic rings. The normalized spacial score (nSPS) is 17.1. The zero-order chi connectivity index (χ0) is 24.2. The van der Waals surface area contributed by atoms with E-state index in [4.69, 9.17) is 4.74 Å². The second-order valence-corrected chi connectivity index (χ2v) is 7.73. The van der Waals surface area contributed by atoms with Crippen LogP contribution in [0.3, 0.4) is 0 Å². The number of aliphatic hydroxyl groups excluding tert-OH is 1. The van der Waals surface area contributed by atoms with Crippen LogP contribution in [0.15, 0.2) is 84.4 Å². The fourth-order valence-corrected chi connectivity index (χ4v) is 3.89. The number of hydrogen-bond acceptors (Lipinski definition) is 6. The number of non-ortho nitro benzene ring substituents is 1. The molecule has 0 aliphatic carbocycles. The first-order valence-corrected chi connectivity index (χ1v) is 10.8. The molecule has 3 aromatic carbocycles. The number of rotatable bonds is 7. The number of nitro benzene ring substituents is 1. The number of amides is 1. The number of nitrogens with zero attached hydrogens (tertiary/aromatic N) is 2. The molecule has 1 fully saturated rings. The van der Waals surface area contributed by atoms with Gasteiger partial charge >= 0.3 is 0 Å². The quantitative estimate of drug-likeness (QED) is 0.175. The van der Waals surface area contributed by atoms with Crippen LogP contribution in [0.2, 0.25) is 0 Å². The zero-order valence-corrected chi connectivity index (χ0v) is 18.4. The predicted molar refractivity (Wildman–Crippen MR) is 127 cm³/mol. The Bertz CT molecular complexity index is 1270. The second-order valence-electron chi connectivity index (χ2n) is 7.73. The number of hydrogen-bond donors (Lipinski definition) is 1. The zero-order valence-electron chi connectivity index (χ0n) is 18.4. The van der Waals surface area contributed by atoms with Crippen LogP contribution in [0, 0.1) is 10.1 Å². The van der Waals surface area contributed by atoms with Crippen LogP contribution in [0.4, 0.5) is 11.4 Å². The van der Waals surface area contributed by atoms with Crippen molar-refractivity contribution in [2.24, 2.45) is 0 Å². The van der Waals surface area contributed by atoms with E-state index in [9.17, 15) is 24.8 Å². The highest BCUT2D eigenvalue weighted by Gasteiger charge is 2.47. The summed E-state index contributed by atoms with van der Waals surface area (Å²) in [6.45, 7) is 2.55. The number of aliphatic hydroxyl groups is 1. The van der Waals surface area contributed by atoms with Crippen molar-refractivity contribution in [3.63, 3.8) is 0 Å². The van der Waals surface area contributed by atoms with Gasteiger partial charge in [0.25, 0.3) is 17.4 Å². The molecule has 1 aliphatic rings. The number of para-hydroxylation sites is 1. The van der Waals surface area contributed by atoms with Crippen LogP contribution in [0.25, 0.3) is 5.76 Å². The Morgan fingerprint density at radius 1 is 1.03 bits per heavy atom. The van der Waals surface area contributed by atoms with Gasteiger partial charge in [0.2, 0.25) is 0 Å². The number of Topliss-reactive ketones (excluding diaryl/α,β-unsaturated/α-hetero) is 1. The van der Waals surface area contributed by atoms with Crippen molar-refractivity contribution in [2.45, 2.75) is 19.4 Å². The number of carbonyl (C=O) groups excluding carboxylic acids is 2. The van der Waals surface area contributed by atoms with Crippen molar-refractivity contribution in [1.82, 2.24) is 0 Å². The smallest absolute Gasteiger partial charge is 0.300 e. The molecule has 4 rings (SSSR count).